The molecule has 0 fully saturated rings. The Bertz CT molecular complexity index is 773. The van der Waals surface area contributed by atoms with Gasteiger partial charge in [-0.3, -0.25) is 0 Å². The number of rotatable bonds is 2. The van der Waals surface area contributed by atoms with E-state index in [1.807, 2.05) is 0 Å². The van der Waals surface area contributed by atoms with E-state index in [-0.39, 0.29) is 22.6 Å². The van der Waals surface area contributed by atoms with Crippen molar-refractivity contribution in [3.05, 3.63) is 56.6 Å². The minimum atomic E-state index is -4.50. The van der Waals surface area contributed by atoms with Gasteiger partial charge in [-0.25, -0.2) is 0 Å². The van der Waals surface area contributed by atoms with Gasteiger partial charge in [0.05, 0.1) is 0 Å². The minimum absolute atomic E-state index is 0.0250. The molecule has 0 spiro atoms. The van der Waals surface area contributed by atoms with E-state index in [2.05, 4.69) is 0 Å². The monoisotopic (exact) mass is 352 g/mol. The second-order valence-corrected chi connectivity index (χ2v) is 6.74. The maximum atomic E-state index is 14.1. The van der Waals surface area contributed by atoms with Crippen LogP contribution in [0.2, 0.25) is 0 Å². The fourth-order valence-electron chi connectivity index (χ4n) is 3.32. The van der Waals surface area contributed by atoms with Gasteiger partial charge in [0, 0.05) is 0 Å². The Kier molecular flexibility index (Phi) is 4.81. The summed E-state index contributed by atoms with van der Waals surface area (Å²) in [6, 6.07) is 2.82. The molecule has 5 heteroatoms. The summed E-state index contributed by atoms with van der Waals surface area (Å²) in [4.78, 5) is 0. The lowest BCUT2D eigenvalue weighted by Crippen LogP contribution is -2.24. The smallest absolute Gasteiger partial charge is 0.399 e. The first kappa shape index (κ1) is 19.2. The average Bonchev–Trinajstić information content (AvgIpc) is 2.52. The van der Waals surface area contributed by atoms with Gasteiger partial charge in [0.1, 0.15) is 17.4 Å². The van der Waals surface area contributed by atoms with Crippen LogP contribution in [0.15, 0.2) is 12.1 Å². The van der Waals surface area contributed by atoms with Crippen molar-refractivity contribution in [1.82, 2.24) is 0 Å². The van der Waals surface area contributed by atoms with E-state index in [1.165, 1.54) is 12.1 Å². The van der Waals surface area contributed by atoms with Crippen LogP contribution in [-0.2, 0) is 0 Å². The molecular formula is C20H23F3O2. The Hall–Kier alpha value is -2.17. The van der Waals surface area contributed by atoms with E-state index in [9.17, 15) is 23.4 Å². The number of aryl methyl sites for hydroxylation is 2. The summed E-state index contributed by atoms with van der Waals surface area (Å²) >= 11 is 0. The zero-order chi connectivity index (χ0) is 19.3. The van der Waals surface area contributed by atoms with Gasteiger partial charge in [0.2, 0.25) is 0 Å². The molecule has 0 saturated carbocycles. The first-order chi connectivity index (χ1) is 11.4. The highest BCUT2D eigenvalue weighted by molar-refractivity contribution is 5.56. The zero-order valence-corrected chi connectivity index (χ0v) is 15.3. The van der Waals surface area contributed by atoms with Crippen molar-refractivity contribution in [3.63, 3.8) is 0 Å². The first-order valence-corrected chi connectivity index (χ1v) is 8.03. The molecule has 2 nitrogen and oxygen atoms in total. The van der Waals surface area contributed by atoms with E-state index in [0.717, 1.165) is 0 Å². The highest BCUT2D eigenvalue weighted by Gasteiger charge is 2.44. The predicted octanol–water partition coefficient (Wildman–Crippen LogP) is 5.64. The molecule has 0 aliphatic rings. The summed E-state index contributed by atoms with van der Waals surface area (Å²) in [5.74, 6) is -1.77. The number of hydrogen-bond donors (Lipinski definition) is 2. The number of phenolic OH excluding ortho intramolecular Hbond substituents is 2. The highest BCUT2D eigenvalue weighted by atomic mass is 19.4. The number of alkyl halides is 3. The lowest BCUT2D eigenvalue weighted by Gasteiger charge is -2.27. The molecule has 2 N–H and O–H groups in total. The molecule has 0 atom stereocenters. The second-order valence-electron chi connectivity index (χ2n) is 6.74. The van der Waals surface area contributed by atoms with Crippen LogP contribution >= 0.6 is 0 Å². The summed E-state index contributed by atoms with van der Waals surface area (Å²) in [6.45, 7) is 9.62. The van der Waals surface area contributed by atoms with Crippen LogP contribution in [0.4, 0.5) is 13.2 Å². The van der Waals surface area contributed by atoms with Crippen molar-refractivity contribution < 1.29 is 23.4 Å². The third kappa shape index (κ3) is 3.20. The van der Waals surface area contributed by atoms with Crippen molar-refractivity contribution in [1.29, 1.82) is 0 Å². The molecule has 0 bridgehead atoms. The van der Waals surface area contributed by atoms with Crippen LogP contribution < -0.4 is 0 Å². The Morgan fingerprint density at radius 3 is 1.28 bits per heavy atom. The van der Waals surface area contributed by atoms with E-state index in [4.69, 9.17) is 0 Å². The van der Waals surface area contributed by atoms with Gasteiger partial charge >= 0.3 is 6.18 Å². The molecule has 25 heavy (non-hydrogen) atoms. The standard InChI is InChI=1S/C20H23F3O2/c1-9-7-15(11(3)13(5)18(9)24)17(20(21,22)23)16-8-10(2)19(25)14(6)12(16)4/h7-8,17,24-25H,1-6H3. The minimum Gasteiger partial charge on any atom is -0.507 e. The topological polar surface area (TPSA) is 40.5 Å². The SMILES string of the molecule is Cc1cc(C(c2cc(C)c(O)c(C)c2C)C(F)(F)F)c(C)c(C)c1O. The average molecular weight is 352 g/mol. The molecule has 0 amide bonds. The molecular weight excluding hydrogens is 329 g/mol. The van der Waals surface area contributed by atoms with E-state index < -0.39 is 12.1 Å². The fourth-order valence-corrected chi connectivity index (χ4v) is 3.32. The Labute approximate surface area is 145 Å². The van der Waals surface area contributed by atoms with Crippen LogP contribution in [0.5, 0.6) is 11.5 Å². The maximum absolute atomic E-state index is 14.1. The molecule has 0 aromatic heterocycles. The van der Waals surface area contributed by atoms with Crippen molar-refractivity contribution in [2.45, 2.75) is 53.6 Å². The first-order valence-electron chi connectivity index (χ1n) is 8.03. The van der Waals surface area contributed by atoms with E-state index in [0.29, 0.717) is 33.4 Å². The number of benzene rings is 2. The molecule has 2 aromatic carbocycles. The van der Waals surface area contributed by atoms with Gasteiger partial charge in [0.25, 0.3) is 0 Å². The summed E-state index contributed by atoms with van der Waals surface area (Å²) in [5.41, 5.74) is 2.85. The van der Waals surface area contributed by atoms with Crippen LogP contribution in [0.25, 0.3) is 0 Å². The summed E-state index contributed by atoms with van der Waals surface area (Å²) in [7, 11) is 0. The molecule has 0 radical (unpaired) electrons. The molecule has 0 heterocycles. The zero-order valence-electron chi connectivity index (χ0n) is 15.3. The summed E-state index contributed by atoms with van der Waals surface area (Å²) in [6.07, 6.45) is -4.50. The van der Waals surface area contributed by atoms with Gasteiger partial charge in [-0.1, -0.05) is 12.1 Å². The molecule has 0 saturated heterocycles. The lowest BCUT2D eigenvalue weighted by atomic mass is 9.81. The van der Waals surface area contributed by atoms with Gasteiger partial charge in [-0.2, -0.15) is 13.2 Å². The Morgan fingerprint density at radius 2 is 1.00 bits per heavy atom. The van der Waals surface area contributed by atoms with Gasteiger partial charge < -0.3 is 10.2 Å². The maximum Gasteiger partial charge on any atom is 0.399 e. The molecule has 0 aliphatic heterocycles. The van der Waals surface area contributed by atoms with Crippen LogP contribution in [-0.4, -0.2) is 16.4 Å². The van der Waals surface area contributed by atoms with Gasteiger partial charge in [-0.05, 0) is 86.1 Å². The number of halogens is 3. The van der Waals surface area contributed by atoms with Crippen molar-refractivity contribution >= 4 is 0 Å². The van der Waals surface area contributed by atoms with Crippen LogP contribution in [0, 0.1) is 41.5 Å². The normalized spacial score (nSPS) is 12.1. The molecule has 2 aromatic rings. The third-order valence-electron chi connectivity index (χ3n) is 5.14. The number of hydrogen-bond acceptors (Lipinski definition) is 2. The lowest BCUT2D eigenvalue weighted by molar-refractivity contribution is -0.141. The van der Waals surface area contributed by atoms with Crippen LogP contribution in [0.1, 0.15) is 50.4 Å². The predicted molar refractivity (Wildman–Crippen MR) is 92.5 cm³/mol. The largest absolute Gasteiger partial charge is 0.507 e. The second kappa shape index (κ2) is 6.28. The number of aromatic hydroxyl groups is 2. The van der Waals surface area contributed by atoms with Crippen molar-refractivity contribution in [2.75, 3.05) is 0 Å². The third-order valence-corrected chi connectivity index (χ3v) is 5.14. The summed E-state index contributed by atoms with van der Waals surface area (Å²) in [5, 5.41) is 20.1. The molecule has 2 rings (SSSR count). The van der Waals surface area contributed by atoms with Gasteiger partial charge in [-0.15, -0.1) is 0 Å². The fraction of sp³-hybridized carbons (Fsp3) is 0.400. The molecule has 136 valence electrons. The summed E-state index contributed by atoms with van der Waals surface area (Å²) < 4.78 is 42.2. The Balaban J connectivity index is 2.87. The molecule has 0 aliphatic carbocycles. The Morgan fingerprint density at radius 1 is 0.680 bits per heavy atom. The van der Waals surface area contributed by atoms with Crippen LogP contribution in [0.3, 0.4) is 0 Å². The van der Waals surface area contributed by atoms with Gasteiger partial charge in [0.15, 0.2) is 0 Å². The number of phenols is 2. The van der Waals surface area contributed by atoms with Crippen molar-refractivity contribution in [2.24, 2.45) is 0 Å². The highest BCUT2D eigenvalue weighted by Crippen LogP contribution is 2.46. The van der Waals surface area contributed by atoms with E-state index >= 15 is 0 Å². The van der Waals surface area contributed by atoms with Crippen molar-refractivity contribution in [3.8, 4) is 11.5 Å². The molecule has 0 unspecified atom stereocenters. The quantitative estimate of drug-likeness (QED) is 0.734. The van der Waals surface area contributed by atoms with E-state index in [1.54, 1.807) is 41.5 Å².